The third kappa shape index (κ3) is 5.38. The number of anilines is 1. The highest BCUT2D eigenvalue weighted by molar-refractivity contribution is 6.36. The van der Waals surface area contributed by atoms with E-state index < -0.39 is 0 Å². The van der Waals surface area contributed by atoms with Crippen molar-refractivity contribution in [2.45, 2.75) is 32.1 Å². The van der Waals surface area contributed by atoms with Crippen LogP contribution in [0.25, 0.3) is 0 Å². The molecule has 8 heteroatoms. The van der Waals surface area contributed by atoms with E-state index in [1.54, 1.807) is 18.2 Å². The van der Waals surface area contributed by atoms with Gasteiger partial charge in [0.2, 0.25) is 5.91 Å². The van der Waals surface area contributed by atoms with Crippen molar-refractivity contribution in [3.8, 4) is 6.07 Å². The minimum atomic E-state index is -0.108. The SMILES string of the molecule is N#Cc1c(N)n[nH]c1CCCCCNC(=O)Cc1c(Cl)cccc1Cl. The normalized spacial score (nSPS) is 10.4. The molecule has 0 unspecified atom stereocenters. The fourth-order valence-corrected chi connectivity index (χ4v) is 2.99. The molecule has 0 bridgehead atoms. The number of carbonyl (C=O) groups is 1. The zero-order valence-corrected chi connectivity index (χ0v) is 15.1. The number of aromatic amines is 1. The molecular formula is C17H19Cl2N5O. The third-order valence-corrected chi connectivity index (χ3v) is 4.51. The van der Waals surface area contributed by atoms with Crippen molar-refractivity contribution in [2.75, 3.05) is 12.3 Å². The topological polar surface area (TPSA) is 108 Å². The average molecular weight is 380 g/mol. The number of hydrogen-bond donors (Lipinski definition) is 3. The van der Waals surface area contributed by atoms with Crippen molar-refractivity contribution in [3.05, 3.63) is 45.1 Å². The van der Waals surface area contributed by atoms with Gasteiger partial charge >= 0.3 is 0 Å². The largest absolute Gasteiger partial charge is 0.381 e. The fourth-order valence-electron chi connectivity index (χ4n) is 2.46. The highest BCUT2D eigenvalue weighted by Gasteiger charge is 2.11. The summed E-state index contributed by atoms with van der Waals surface area (Å²) >= 11 is 12.1. The molecule has 2 aromatic rings. The second-order valence-electron chi connectivity index (χ2n) is 5.61. The van der Waals surface area contributed by atoms with Gasteiger partial charge in [-0.2, -0.15) is 10.4 Å². The number of amides is 1. The summed E-state index contributed by atoms with van der Waals surface area (Å²) in [7, 11) is 0. The molecule has 0 saturated heterocycles. The first-order valence-electron chi connectivity index (χ1n) is 7.95. The van der Waals surface area contributed by atoms with Gasteiger partial charge in [-0.1, -0.05) is 35.7 Å². The van der Waals surface area contributed by atoms with Crippen LogP contribution in [0.3, 0.4) is 0 Å². The van der Waals surface area contributed by atoms with Gasteiger partial charge in [0, 0.05) is 16.6 Å². The number of H-pyrrole nitrogens is 1. The second-order valence-corrected chi connectivity index (χ2v) is 6.43. The van der Waals surface area contributed by atoms with Crippen LogP contribution in [0, 0.1) is 11.3 Å². The van der Waals surface area contributed by atoms with Crippen LogP contribution < -0.4 is 11.1 Å². The molecule has 0 radical (unpaired) electrons. The molecule has 1 amide bonds. The van der Waals surface area contributed by atoms with Crippen molar-refractivity contribution in [1.82, 2.24) is 15.5 Å². The van der Waals surface area contributed by atoms with Crippen LogP contribution in [0.15, 0.2) is 18.2 Å². The Labute approximate surface area is 156 Å². The van der Waals surface area contributed by atoms with E-state index in [1.807, 2.05) is 6.07 Å². The number of benzene rings is 1. The quantitative estimate of drug-likeness (QED) is 0.611. The van der Waals surface area contributed by atoms with Crippen LogP contribution >= 0.6 is 23.2 Å². The molecule has 4 N–H and O–H groups in total. The summed E-state index contributed by atoms with van der Waals surface area (Å²) in [5.41, 5.74) is 7.42. The zero-order chi connectivity index (χ0) is 18.2. The summed E-state index contributed by atoms with van der Waals surface area (Å²) in [5, 5.41) is 19.5. The van der Waals surface area contributed by atoms with Gasteiger partial charge in [0.25, 0.3) is 0 Å². The maximum absolute atomic E-state index is 12.0. The molecule has 25 heavy (non-hydrogen) atoms. The van der Waals surface area contributed by atoms with Gasteiger partial charge in [0.15, 0.2) is 5.82 Å². The third-order valence-electron chi connectivity index (χ3n) is 3.81. The molecule has 1 aromatic carbocycles. The van der Waals surface area contributed by atoms with E-state index in [9.17, 15) is 4.79 Å². The maximum Gasteiger partial charge on any atom is 0.224 e. The first-order chi connectivity index (χ1) is 12.0. The smallest absolute Gasteiger partial charge is 0.224 e. The number of aromatic nitrogens is 2. The Hall–Kier alpha value is -2.23. The zero-order valence-electron chi connectivity index (χ0n) is 13.6. The molecule has 0 saturated carbocycles. The van der Waals surface area contributed by atoms with Crippen LogP contribution in [0.2, 0.25) is 10.0 Å². The van der Waals surface area contributed by atoms with Crippen molar-refractivity contribution in [2.24, 2.45) is 0 Å². The number of halogens is 2. The summed E-state index contributed by atoms with van der Waals surface area (Å²) in [6.45, 7) is 0.580. The van der Waals surface area contributed by atoms with Gasteiger partial charge in [-0.05, 0) is 37.0 Å². The second kappa shape index (κ2) is 9.30. The number of unbranched alkanes of at least 4 members (excludes halogenated alkanes) is 2. The highest BCUT2D eigenvalue weighted by atomic mass is 35.5. The van der Waals surface area contributed by atoms with Crippen LogP contribution in [0.1, 0.15) is 36.1 Å². The lowest BCUT2D eigenvalue weighted by Crippen LogP contribution is -2.26. The molecular weight excluding hydrogens is 361 g/mol. The first kappa shape index (κ1) is 19.1. The number of nitrogen functional groups attached to an aromatic ring is 1. The molecule has 0 aliphatic rings. The number of aryl methyl sites for hydroxylation is 1. The predicted octanol–water partition coefficient (Wildman–Crippen LogP) is 3.24. The van der Waals surface area contributed by atoms with Crippen molar-refractivity contribution >= 4 is 34.9 Å². The Kier molecular flexibility index (Phi) is 7.11. The summed E-state index contributed by atoms with van der Waals surface area (Å²) in [6, 6.07) is 7.22. The Morgan fingerprint density at radius 2 is 2.00 bits per heavy atom. The lowest BCUT2D eigenvalue weighted by atomic mass is 10.1. The van der Waals surface area contributed by atoms with E-state index in [1.165, 1.54) is 0 Å². The number of rotatable bonds is 8. The maximum atomic E-state index is 12.0. The molecule has 6 nitrogen and oxygen atoms in total. The van der Waals surface area contributed by atoms with E-state index in [4.69, 9.17) is 34.2 Å². The molecule has 0 fully saturated rings. The lowest BCUT2D eigenvalue weighted by Gasteiger charge is -2.08. The van der Waals surface area contributed by atoms with E-state index in [-0.39, 0.29) is 18.1 Å². The summed E-state index contributed by atoms with van der Waals surface area (Å²) in [4.78, 5) is 12.0. The number of nitrogens with one attached hydrogen (secondary N) is 2. The Balaban J connectivity index is 1.66. The van der Waals surface area contributed by atoms with Crippen LogP contribution in [0.4, 0.5) is 5.82 Å². The van der Waals surface area contributed by atoms with Crippen molar-refractivity contribution in [3.63, 3.8) is 0 Å². The van der Waals surface area contributed by atoms with Crippen LogP contribution in [-0.4, -0.2) is 22.6 Å². The standard InChI is InChI=1S/C17H19Cl2N5O/c18-13-5-4-6-14(19)11(13)9-16(25)22-8-3-1-2-7-15-12(10-20)17(21)24-23-15/h4-6H,1-3,7-9H2,(H,22,25)(H3,21,23,24). The van der Waals surface area contributed by atoms with Gasteiger partial charge < -0.3 is 11.1 Å². The molecule has 1 aromatic heterocycles. The molecule has 0 spiro atoms. The van der Waals surface area contributed by atoms with Crippen molar-refractivity contribution < 1.29 is 4.79 Å². The van der Waals surface area contributed by atoms with E-state index in [2.05, 4.69) is 15.5 Å². The minimum Gasteiger partial charge on any atom is -0.381 e. The predicted molar refractivity (Wildman–Crippen MR) is 98.4 cm³/mol. The first-order valence-corrected chi connectivity index (χ1v) is 8.71. The van der Waals surface area contributed by atoms with Crippen LogP contribution in [-0.2, 0) is 17.6 Å². The molecule has 0 aliphatic heterocycles. The van der Waals surface area contributed by atoms with Gasteiger partial charge in [0.05, 0.1) is 12.1 Å². The molecule has 0 aliphatic carbocycles. The Bertz CT molecular complexity index is 762. The number of nitrogens with two attached hydrogens (primary N) is 1. The molecule has 0 atom stereocenters. The van der Waals surface area contributed by atoms with E-state index in [0.717, 1.165) is 25.0 Å². The average Bonchev–Trinajstić information content (AvgIpc) is 2.94. The lowest BCUT2D eigenvalue weighted by molar-refractivity contribution is -0.120. The summed E-state index contributed by atoms with van der Waals surface area (Å²) in [5.74, 6) is 0.131. The van der Waals surface area contributed by atoms with Gasteiger partial charge in [-0.3, -0.25) is 9.89 Å². The molecule has 132 valence electrons. The number of nitriles is 1. The monoisotopic (exact) mass is 379 g/mol. The Morgan fingerprint density at radius 1 is 1.28 bits per heavy atom. The summed E-state index contributed by atoms with van der Waals surface area (Å²) in [6.07, 6.45) is 3.50. The van der Waals surface area contributed by atoms with Crippen LogP contribution in [0.5, 0.6) is 0 Å². The molecule has 2 rings (SSSR count). The van der Waals surface area contributed by atoms with Crippen molar-refractivity contribution in [1.29, 1.82) is 5.26 Å². The van der Waals surface area contributed by atoms with E-state index in [0.29, 0.717) is 34.1 Å². The van der Waals surface area contributed by atoms with Gasteiger partial charge in [-0.15, -0.1) is 0 Å². The number of hydrogen-bond acceptors (Lipinski definition) is 4. The Morgan fingerprint density at radius 3 is 2.68 bits per heavy atom. The highest BCUT2D eigenvalue weighted by Crippen LogP contribution is 2.24. The summed E-state index contributed by atoms with van der Waals surface area (Å²) < 4.78 is 0. The fraction of sp³-hybridized carbons (Fsp3) is 0.353. The molecule has 1 heterocycles. The minimum absolute atomic E-state index is 0.108. The number of nitrogens with zero attached hydrogens (tertiary/aromatic N) is 2. The van der Waals surface area contributed by atoms with Gasteiger partial charge in [-0.25, -0.2) is 0 Å². The van der Waals surface area contributed by atoms with E-state index >= 15 is 0 Å². The number of carbonyl (C=O) groups excluding carboxylic acids is 1. The van der Waals surface area contributed by atoms with Gasteiger partial charge in [0.1, 0.15) is 11.6 Å².